The Labute approximate surface area is 80.4 Å². The third kappa shape index (κ3) is 9.50. The van der Waals surface area contributed by atoms with E-state index in [1.807, 2.05) is 6.92 Å². The minimum atomic E-state index is 0.275. The Balaban J connectivity index is 2.95. The second-order valence-corrected chi connectivity index (χ2v) is 2.95. The van der Waals surface area contributed by atoms with Gasteiger partial charge in [0.25, 0.3) is 0 Å². The standard InChI is InChI=1S/C10H20O3/c1-3-10(11)6-9-13-8-5-4-7-12-2/h3-9H2,1-2H3. The van der Waals surface area contributed by atoms with E-state index in [4.69, 9.17) is 9.47 Å². The number of ether oxygens (including phenoxy) is 2. The van der Waals surface area contributed by atoms with Crippen molar-refractivity contribution in [2.24, 2.45) is 0 Å². The van der Waals surface area contributed by atoms with Crippen molar-refractivity contribution in [3.8, 4) is 0 Å². The Morgan fingerprint density at radius 3 is 2.46 bits per heavy atom. The van der Waals surface area contributed by atoms with E-state index in [0.29, 0.717) is 19.4 Å². The van der Waals surface area contributed by atoms with E-state index in [9.17, 15) is 4.79 Å². The van der Waals surface area contributed by atoms with Crippen LogP contribution in [-0.2, 0) is 14.3 Å². The van der Waals surface area contributed by atoms with Gasteiger partial charge in [0.15, 0.2) is 0 Å². The van der Waals surface area contributed by atoms with Crippen LogP contribution in [0.1, 0.15) is 32.6 Å². The molecule has 0 heterocycles. The van der Waals surface area contributed by atoms with Crippen LogP contribution in [0, 0.1) is 0 Å². The number of unbranched alkanes of at least 4 members (excludes halogenated alkanes) is 1. The van der Waals surface area contributed by atoms with Crippen LogP contribution < -0.4 is 0 Å². The summed E-state index contributed by atoms with van der Waals surface area (Å²) in [5.74, 6) is 0.275. The summed E-state index contributed by atoms with van der Waals surface area (Å²) in [4.78, 5) is 10.8. The molecule has 0 radical (unpaired) electrons. The summed E-state index contributed by atoms with van der Waals surface area (Å²) < 4.78 is 10.2. The van der Waals surface area contributed by atoms with Gasteiger partial charge in [0.05, 0.1) is 6.61 Å². The molecule has 0 N–H and O–H groups in total. The lowest BCUT2D eigenvalue weighted by atomic mass is 10.2. The van der Waals surface area contributed by atoms with Crippen LogP contribution in [-0.4, -0.2) is 32.7 Å². The fraction of sp³-hybridized carbons (Fsp3) is 0.900. The summed E-state index contributed by atoms with van der Waals surface area (Å²) in [6.45, 7) is 3.97. The number of hydrogen-bond donors (Lipinski definition) is 0. The first-order valence-corrected chi connectivity index (χ1v) is 4.89. The fourth-order valence-corrected chi connectivity index (χ4v) is 0.915. The van der Waals surface area contributed by atoms with Crippen molar-refractivity contribution in [1.29, 1.82) is 0 Å². The quantitative estimate of drug-likeness (QED) is 0.517. The van der Waals surface area contributed by atoms with E-state index in [1.165, 1.54) is 0 Å². The fourth-order valence-electron chi connectivity index (χ4n) is 0.915. The zero-order valence-electron chi connectivity index (χ0n) is 8.67. The maximum atomic E-state index is 10.8. The second kappa shape index (κ2) is 9.68. The van der Waals surface area contributed by atoms with Crippen LogP contribution in [0.15, 0.2) is 0 Å². The third-order valence-electron chi connectivity index (χ3n) is 1.81. The Morgan fingerprint density at radius 2 is 1.85 bits per heavy atom. The van der Waals surface area contributed by atoms with Crippen LogP contribution in [0.25, 0.3) is 0 Å². The van der Waals surface area contributed by atoms with Gasteiger partial charge in [-0.1, -0.05) is 6.92 Å². The molecule has 0 aromatic heterocycles. The predicted octanol–water partition coefficient (Wildman–Crippen LogP) is 1.80. The Kier molecular flexibility index (Phi) is 9.37. The molecule has 0 aromatic rings. The largest absolute Gasteiger partial charge is 0.385 e. The minimum absolute atomic E-state index is 0.275. The summed E-state index contributed by atoms with van der Waals surface area (Å²) in [7, 11) is 1.70. The van der Waals surface area contributed by atoms with Crippen molar-refractivity contribution in [2.75, 3.05) is 26.9 Å². The van der Waals surface area contributed by atoms with Gasteiger partial charge in [-0.05, 0) is 12.8 Å². The van der Waals surface area contributed by atoms with Gasteiger partial charge in [-0.3, -0.25) is 4.79 Å². The molecule has 0 spiro atoms. The topological polar surface area (TPSA) is 35.5 Å². The molecule has 0 aromatic carbocycles. The van der Waals surface area contributed by atoms with E-state index < -0.39 is 0 Å². The summed E-state index contributed by atoms with van der Waals surface area (Å²) in [5, 5.41) is 0. The lowest BCUT2D eigenvalue weighted by Crippen LogP contribution is -2.04. The van der Waals surface area contributed by atoms with Crippen molar-refractivity contribution >= 4 is 5.78 Å². The molecular weight excluding hydrogens is 168 g/mol. The Morgan fingerprint density at radius 1 is 1.15 bits per heavy atom. The van der Waals surface area contributed by atoms with Crippen LogP contribution in [0.5, 0.6) is 0 Å². The maximum Gasteiger partial charge on any atom is 0.134 e. The monoisotopic (exact) mass is 188 g/mol. The van der Waals surface area contributed by atoms with Gasteiger partial charge >= 0.3 is 0 Å². The van der Waals surface area contributed by atoms with Gasteiger partial charge < -0.3 is 9.47 Å². The molecule has 0 aliphatic carbocycles. The molecule has 0 amide bonds. The highest BCUT2D eigenvalue weighted by molar-refractivity contribution is 5.78. The molecule has 3 nitrogen and oxygen atoms in total. The molecule has 0 saturated heterocycles. The molecule has 0 aliphatic heterocycles. The zero-order chi connectivity index (χ0) is 9.94. The molecule has 0 saturated carbocycles. The molecule has 0 aliphatic rings. The smallest absolute Gasteiger partial charge is 0.134 e. The van der Waals surface area contributed by atoms with Crippen LogP contribution in [0.3, 0.4) is 0 Å². The second-order valence-electron chi connectivity index (χ2n) is 2.95. The molecule has 0 rings (SSSR count). The minimum Gasteiger partial charge on any atom is -0.385 e. The first-order chi connectivity index (χ1) is 6.31. The van der Waals surface area contributed by atoms with E-state index >= 15 is 0 Å². The van der Waals surface area contributed by atoms with E-state index in [1.54, 1.807) is 7.11 Å². The highest BCUT2D eigenvalue weighted by Crippen LogP contribution is 1.93. The molecular formula is C10H20O3. The lowest BCUT2D eigenvalue weighted by molar-refractivity contribution is -0.119. The van der Waals surface area contributed by atoms with Crippen LogP contribution in [0.4, 0.5) is 0 Å². The molecule has 78 valence electrons. The summed E-state index contributed by atoms with van der Waals surface area (Å²) in [5.41, 5.74) is 0. The van der Waals surface area contributed by atoms with Gasteiger partial charge in [-0.25, -0.2) is 0 Å². The average molecular weight is 188 g/mol. The lowest BCUT2D eigenvalue weighted by Gasteiger charge is -2.02. The molecule has 3 heteroatoms. The van der Waals surface area contributed by atoms with Crippen molar-refractivity contribution in [3.05, 3.63) is 0 Å². The van der Waals surface area contributed by atoms with E-state index in [-0.39, 0.29) is 5.78 Å². The summed E-state index contributed by atoms with van der Waals surface area (Å²) in [6.07, 6.45) is 3.21. The first-order valence-electron chi connectivity index (χ1n) is 4.89. The first kappa shape index (κ1) is 12.6. The average Bonchev–Trinajstić information content (AvgIpc) is 2.16. The summed E-state index contributed by atoms with van der Waals surface area (Å²) in [6, 6.07) is 0. The number of hydrogen-bond acceptors (Lipinski definition) is 3. The van der Waals surface area contributed by atoms with E-state index in [0.717, 1.165) is 26.1 Å². The van der Waals surface area contributed by atoms with Crippen LogP contribution >= 0.6 is 0 Å². The number of methoxy groups -OCH3 is 1. The summed E-state index contributed by atoms with van der Waals surface area (Å²) >= 11 is 0. The molecule has 0 fully saturated rings. The molecule has 0 atom stereocenters. The highest BCUT2D eigenvalue weighted by atomic mass is 16.5. The Bertz CT molecular complexity index is 123. The Hall–Kier alpha value is -0.410. The van der Waals surface area contributed by atoms with Crippen molar-refractivity contribution in [2.45, 2.75) is 32.6 Å². The van der Waals surface area contributed by atoms with Gasteiger partial charge in [0.2, 0.25) is 0 Å². The number of Topliss-reactive ketones (excluding diaryl/α,β-unsaturated/α-hetero) is 1. The van der Waals surface area contributed by atoms with Gasteiger partial charge in [-0.15, -0.1) is 0 Å². The van der Waals surface area contributed by atoms with Crippen LogP contribution in [0.2, 0.25) is 0 Å². The predicted molar refractivity (Wildman–Crippen MR) is 51.8 cm³/mol. The number of ketones is 1. The highest BCUT2D eigenvalue weighted by Gasteiger charge is 1.97. The molecule has 0 unspecified atom stereocenters. The SMILES string of the molecule is CCC(=O)CCOCCCCOC. The molecule has 13 heavy (non-hydrogen) atoms. The van der Waals surface area contributed by atoms with Gasteiger partial charge in [0, 0.05) is 33.2 Å². The zero-order valence-corrected chi connectivity index (χ0v) is 8.67. The van der Waals surface area contributed by atoms with Gasteiger partial charge in [0.1, 0.15) is 5.78 Å². The van der Waals surface area contributed by atoms with E-state index in [2.05, 4.69) is 0 Å². The molecule has 0 bridgehead atoms. The third-order valence-corrected chi connectivity index (χ3v) is 1.81. The van der Waals surface area contributed by atoms with Gasteiger partial charge in [-0.2, -0.15) is 0 Å². The normalized spacial score (nSPS) is 10.3. The van der Waals surface area contributed by atoms with Crippen molar-refractivity contribution in [3.63, 3.8) is 0 Å². The van der Waals surface area contributed by atoms with Crippen molar-refractivity contribution in [1.82, 2.24) is 0 Å². The van der Waals surface area contributed by atoms with Crippen molar-refractivity contribution < 1.29 is 14.3 Å². The number of carbonyl (C=O) groups is 1. The number of carbonyl (C=O) groups excluding carboxylic acids is 1. The maximum absolute atomic E-state index is 10.8. The number of rotatable bonds is 9.